The van der Waals surface area contributed by atoms with Gasteiger partial charge >= 0.3 is 0 Å². The highest BCUT2D eigenvalue weighted by molar-refractivity contribution is 5.78. The molecule has 110 valence electrons. The summed E-state index contributed by atoms with van der Waals surface area (Å²) in [4.78, 5) is 13.2. The molecule has 0 spiro atoms. The van der Waals surface area contributed by atoms with Crippen molar-refractivity contribution in [3.8, 4) is 11.5 Å². The van der Waals surface area contributed by atoms with Crippen LogP contribution in [0.1, 0.15) is 11.7 Å². The smallest absolute Gasteiger partial charge is 0.248 e. The van der Waals surface area contributed by atoms with Gasteiger partial charge in [-0.15, -0.1) is 0 Å². The molecule has 20 heavy (non-hydrogen) atoms. The zero-order valence-electron chi connectivity index (χ0n) is 11.7. The summed E-state index contributed by atoms with van der Waals surface area (Å²) in [7, 11) is 3.10. The second kappa shape index (κ2) is 6.58. The SMILES string of the molecule is COc1ccc(C(O)CN2CCOCC2=O)c(OC)c1. The molecule has 2 rings (SSSR count). The summed E-state index contributed by atoms with van der Waals surface area (Å²) in [6.07, 6.45) is -0.807. The Morgan fingerprint density at radius 2 is 2.20 bits per heavy atom. The lowest BCUT2D eigenvalue weighted by atomic mass is 10.1. The fourth-order valence-electron chi connectivity index (χ4n) is 2.14. The summed E-state index contributed by atoms with van der Waals surface area (Å²) in [5.74, 6) is 1.08. The number of hydrogen-bond acceptors (Lipinski definition) is 5. The van der Waals surface area contributed by atoms with Crippen LogP contribution in [0.25, 0.3) is 0 Å². The van der Waals surface area contributed by atoms with Crippen molar-refractivity contribution in [3.05, 3.63) is 23.8 Å². The number of aliphatic hydroxyl groups is 1. The Kier molecular flexibility index (Phi) is 4.81. The zero-order valence-corrected chi connectivity index (χ0v) is 11.7. The summed E-state index contributed by atoms with van der Waals surface area (Å²) >= 11 is 0. The molecule has 1 unspecified atom stereocenters. The van der Waals surface area contributed by atoms with Gasteiger partial charge in [0.1, 0.15) is 24.2 Å². The standard InChI is InChI=1S/C14H19NO5/c1-18-10-3-4-11(13(7-10)19-2)12(16)8-15-5-6-20-9-14(15)17/h3-4,7,12,16H,5-6,8-9H2,1-2H3. The second-order valence-electron chi connectivity index (χ2n) is 4.52. The summed E-state index contributed by atoms with van der Waals surface area (Å²) in [5, 5.41) is 10.3. The molecule has 1 aromatic rings. The van der Waals surface area contributed by atoms with Gasteiger partial charge < -0.3 is 24.2 Å². The molecular formula is C14H19NO5. The lowest BCUT2D eigenvalue weighted by Crippen LogP contribution is -2.43. The van der Waals surface area contributed by atoms with Gasteiger partial charge in [-0.25, -0.2) is 0 Å². The molecule has 0 aliphatic carbocycles. The van der Waals surface area contributed by atoms with Crippen molar-refractivity contribution in [2.24, 2.45) is 0 Å². The first-order chi connectivity index (χ1) is 9.65. The van der Waals surface area contributed by atoms with E-state index in [1.165, 1.54) is 7.11 Å². The fourth-order valence-corrected chi connectivity index (χ4v) is 2.14. The maximum Gasteiger partial charge on any atom is 0.248 e. The van der Waals surface area contributed by atoms with Crippen LogP contribution in [0.5, 0.6) is 11.5 Å². The lowest BCUT2D eigenvalue weighted by molar-refractivity contribution is -0.144. The fraction of sp³-hybridized carbons (Fsp3) is 0.500. The molecule has 0 aromatic heterocycles. The minimum Gasteiger partial charge on any atom is -0.497 e. The van der Waals surface area contributed by atoms with Crippen LogP contribution in [0.15, 0.2) is 18.2 Å². The molecule has 6 nitrogen and oxygen atoms in total. The summed E-state index contributed by atoms with van der Waals surface area (Å²) in [5.41, 5.74) is 0.632. The average Bonchev–Trinajstić information content (AvgIpc) is 2.48. The predicted octanol–water partition coefficient (Wildman–Crippen LogP) is 0.596. The highest BCUT2D eigenvalue weighted by atomic mass is 16.5. The monoisotopic (exact) mass is 281 g/mol. The van der Waals surface area contributed by atoms with Gasteiger partial charge in [0, 0.05) is 18.2 Å². The maximum atomic E-state index is 11.7. The van der Waals surface area contributed by atoms with Crippen molar-refractivity contribution in [3.63, 3.8) is 0 Å². The molecule has 1 atom stereocenters. The van der Waals surface area contributed by atoms with E-state index >= 15 is 0 Å². The van der Waals surface area contributed by atoms with E-state index in [0.29, 0.717) is 30.2 Å². The van der Waals surface area contributed by atoms with Gasteiger partial charge in [0.05, 0.1) is 27.4 Å². The molecule has 1 aromatic carbocycles. The highest BCUT2D eigenvalue weighted by Gasteiger charge is 2.23. The third-order valence-electron chi connectivity index (χ3n) is 3.28. The van der Waals surface area contributed by atoms with Gasteiger partial charge in [0.15, 0.2) is 0 Å². The van der Waals surface area contributed by atoms with Crippen LogP contribution in [0.3, 0.4) is 0 Å². The number of benzene rings is 1. The number of aliphatic hydroxyl groups excluding tert-OH is 1. The van der Waals surface area contributed by atoms with E-state index in [0.717, 1.165) is 0 Å². The predicted molar refractivity (Wildman–Crippen MR) is 71.9 cm³/mol. The van der Waals surface area contributed by atoms with Crippen LogP contribution in [-0.4, -0.2) is 56.4 Å². The van der Waals surface area contributed by atoms with E-state index in [1.807, 2.05) is 0 Å². The molecule has 1 aliphatic heterocycles. The molecule has 1 saturated heterocycles. The van der Waals surface area contributed by atoms with Crippen molar-refractivity contribution in [2.75, 3.05) is 40.5 Å². The average molecular weight is 281 g/mol. The molecule has 1 fully saturated rings. The van der Waals surface area contributed by atoms with E-state index in [9.17, 15) is 9.90 Å². The van der Waals surface area contributed by atoms with Crippen molar-refractivity contribution in [1.29, 1.82) is 0 Å². The van der Waals surface area contributed by atoms with Crippen LogP contribution < -0.4 is 9.47 Å². The Labute approximate surface area is 117 Å². The number of carbonyl (C=O) groups is 1. The van der Waals surface area contributed by atoms with Gasteiger partial charge in [-0.2, -0.15) is 0 Å². The molecule has 1 N–H and O–H groups in total. The second-order valence-corrected chi connectivity index (χ2v) is 4.52. The molecule has 6 heteroatoms. The van der Waals surface area contributed by atoms with Crippen LogP contribution >= 0.6 is 0 Å². The lowest BCUT2D eigenvalue weighted by Gasteiger charge is -2.29. The largest absolute Gasteiger partial charge is 0.497 e. The number of morpholine rings is 1. The number of methoxy groups -OCH3 is 2. The van der Waals surface area contributed by atoms with Crippen molar-refractivity contribution >= 4 is 5.91 Å². The van der Waals surface area contributed by atoms with E-state index in [-0.39, 0.29) is 19.1 Å². The number of ether oxygens (including phenoxy) is 3. The van der Waals surface area contributed by atoms with E-state index < -0.39 is 6.10 Å². The number of nitrogens with zero attached hydrogens (tertiary/aromatic N) is 1. The minimum atomic E-state index is -0.807. The van der Waals surface area contributed by atoms with E-state index in [4.69, 9.17) is 14.2 Å². The van der Waals surface area contributed by atoms with E-state index in [1.54, 1.807) is 30.2 Å². The molecular weight excluding hydrogens is 262 g/mol. The van der Waals surface area contributed by atoms with Crippen molar-refractivity contribution < 1.29 is 24.1 Å². The van der Waals surface area contributed by atoms with Crippen molar-refractivity contribution in [2.45, 2.75) is 6.10 Å². The Balaban J connectivity index is 2.11. The van der Waals surface area contributed by atoms with Gasteiger partial charge in [-0.3, -0.25) is 4.79 Å². The van der Waals surface area contributed by atoms with Gasteiger partial charge in [-0.1, -0.05) is 0 Å². The summed E-state index contributed by atoms with van der Waals surface area (Å²) in [6, 6.07) is 5.20. The number of rotatable bonds is 5. The number of carbonyl (C=O) groups excluding carboxylic acids is 1. The first kappa shape index (κ1) is 14.6. The molecule has 1 aliphatic rings. The Morgan fingerprint density at radius 1 is 1.40 bits per heavy atom. The van der Waals surface area contributed by atoms with Crippen LogP contribution in [0, 0.1) is 0 Å². The first-order valence-electron chi connectivity index (χ1n) is 6.41. The van der Waals surface area contributed by atoms with Crippen LogP contribution in [-0.2, 0) is 9.53 Å². The third kappa shape index (κ3) is 3.20. The molecule has 1 amide bonds. The molecule has 0 bridgehead atoms. The Morgan fingerprint density at radius 3 is 2.85 bits per heavy atom. The minimum absolute atomic E-state index is 0.0759. The molecule has 1 heterocycles. The van der Waals surface area contributed by atoms with E-state index in [2.05, 4.69) is 0 Å². The Hall–Kier alpha value is -1.79. The third-order valence-corrected chi connectivity index (χ3v) is 3.28. The Bertz CT molecular complexity index is 477. The van der Waals surface area contributed by atoms with Gasteiger partial charge in [-0.05, 0) is 12.1 Å². The number of amides is 1. The first-order valence-corrected chi connectivity index (χ1v) is 6.41. The molecule has 0 radical (unpaired) electrons. The van der Waals surface area contributed by atoms with Crippen LogP contribution in [0.2, 0.25) is 0 Å². The number of hydrogen-bond donors (Lipinski definition) is 1. The van der Waals surface area contributed by atoms with Gasteiger partial charge in [0.25, 0.3) is 0 Å². The van der Waals surface area contributed by atoms with Crippen LogP contribution in [0.4, 0.5) is 0 Å². The van der Waals surface area contributed by atoms with Crippen molar-refractivity contribution in [1.82, 2.24) is 4.90 Å². The quantitative estimate of drug-likeness (QED) is 0.856. The summed E-state index contributed by atoms with van der Waals surface area (Å²) < 4.78 is 15.4. The summed E-state index contributed by atoms with van der Waals surface area (Å²) in [6.45, 7) is 1.30. The highest BCUT2D eigenvalue weighted by Crippen LogP contribution is 2.30. The maximum absolute atomic E-state index is 11.7. The normalized spacial score (nSPS) is 16.9. The van der Waals surface area contributed by atoms with Gasteiger partial charge in [0.2, 0.25) is 5.91 Å². The molecule has 0 saturated carbocycles. The zero-order chi connectivity index (χ0) is 14.5. The number of β-amino-alcohol motifs (C(OH)–C–C–N with tert-alkyl or cyclic N) is 1. The topological polar surface area (TPSA) is 68.2 Å².